The first-order chi connectivity index (χ1) is 5.38. The van der Waals surface area contributed by atoms with Crippen LogP contribution in [0.3, 0.4) is 0 Å². The lowest BCUT2D eigenvalue weighted by atomic mass is 9.95. The molecule has 2 unspecified atom stereocenters. The summed E-state index contributed by atoms with van der Waals surface area (Å²) in [6.45, 7) is 0. The molecule has 0 saturated heterocycles. The van der Waals surface area contributed by atoms with E-state index in [1.165, 1.54) is 0 Å². The molecule has 0 spiro atoms. The molecule has 1 aliphatic heterocycles. The SMILES string of the molecule is OC1=CC=CC2C=CI=NC12. The zero-order valence-electron chi connectivity index (χ0n) is 5.81. The molecule has 0 bridgehead atoms. The summed E-state index contributed by atoms with van der Waals surface area (Å²) in [6, 6.07) is 0.0396. The molecule has 2 rings (SSSR count). The van der Waals surface area contributed by atoms with Gasteiger partial charge in [-0.3, -0.25) is 0 Å². The highest BCUT2D eigenvalue weighted by atomic mass is 127. The van der Waals surface area contributed by atoms with Gasteiger partial charge in [0.2, 0.25) is 0 Å². The van der Waals surface area contributed by atoms with Gasteiger partial charge in [0.15, 0.2) is 0 Å². The highest BCUT2D eigenvalue weighted by Gasteiger charge is 2.23. The van der Waals surface area contributed by atoms with Crippen molar-refractivity contribution in [3.8, 4) is 0 Å². The lowest BCUT2D eigenvalue weighted by molar-refractivity contribution is 0.352. The van der Waals surface area contributed by atoms with Crippen molar-refractivity contribution in [2.75, 3.05) is 0 Å². The molecule has 1 aliphatic carbocycles. The monoisotopic (exact) mass is 261 g/mol. The van der Waals surface area contributed by atoms with Crippen molar-refractivity contribution in [2.24, 2.45) is 9.06 Å². The maximum Gasteiger partial charge on any atom is 0.122 e. The molecule has 11 heavy (non-hydrogen) atoms. The van der Waals surface area contributed by atoms with Gasteiger partial charge in [-0.25, -0.2) is 3.15 Å². The molecule has 0 amide bonds. The average molecular weight is 261 g/mol. The molecule has 2 aliphatic rings. The molecule has 0 aromatic heterocycles. The van der Waals surface area contributed by atoms with E-state index in [-0.39, 0.29) is 27.1 Å². The minimum atomic E-state index is -0.149. The molecule has 0 aromatic rings. The van der Waals surface area contributed by atoms with E-state index in [0.717, 1.165) is 0 Å². The van der Waals surface area contributed by atoms with Gasteiger partial charge < -0.3 is 5.11 Å². The van der Waals surface area contributed by atoms with Crippen LogP contribution < -0.4 is 0 Å². The minimum absolute atomic E-state index is 0.0396. The van der Waals surface area contributed by atoms with Crippen LogP contribution in [0.5, 0.6) is 0 Å². The summed E-state index contributed by atoms with van der Waals surface area (Å²) in [5, 5.41) is 9.40. The molecule has 1 heterocycles. The fourth-order valence-electron chi connectivity index (χ4n) is 1.18. The van der Waals surface area contributed by atoms with Crippen molar-refractivity contribution >= 4 is 21.0 Å². The summed E-state index contributed by atoms with van der Waals surface area (Å²) in [5.41, 5.74) is 0. The molecule has 58 valence electrons. The number of aliphatic hydroxyl groups is 1. The first-order valence-electron chi connectivity index (χ1n) is 3.45. The topological polar surface area (TPSA) is 32.6 Å². The Morgan fingerprint density at radius 3 is 3.18 bits per heavy atom. The largest absolute Gasteiger partial charge is 0.510 e. The van der Waals surface area contributed by atoms with Crippen molar-refractivity contribution in [1.29, 1.82) is 0 Å². The van der Waals surface area contributed by atoms with Crippen LogP contribution in [0.2, 0.25) is 0 Å². The third kappa shape index (κ3) is 1.29. The van der Waals surface area contributed by atoms with Crippen molar-refractivity contribution in [2.45, 2.75) is 6.04 Å². The van der Waals surface area contributed by atoms with Gasteiger partial charge in [0.1, 0.15) is 11.8 Å². The van der Waals surface area contributed by atoms with Crippen LogP contribution >= 0.6 is 21.0 Å². The Balaban J connectivity index is 2.33. The molecule has 3 heteroatoms. The Morgan fingerprint density at radius 1 is 1.45 bits per heavy atom. The standard InChI is InChI=1S/C8H8INO/c11-7-3-1-2-6-4-5-9-10-8(6)7/h1-6,8,11H. The van der Waals surface area contributed by atoms with Gasteiger partial charge in [0.25, 0.3) is 0 Å². The van der Waals surface area contributed by atoms with Crippen LogP contribution in [0.1, 0.15) is 0 Å². The number of allylic oxidation sites excluding steroid dienone is 2. The summed E-state index contributed by atoms with van der Waals surface area (Å²) in [6.07, 6.45) is 7.84. The van der Waals surface area contributed by atoms with E-state index in [4.69, 9.17) is 0 Å². The quantitative estimate of drug-likeness (QED) is 0.668. The number of halogens is 1. The number of aliphatic hydroxyl groups excluding tert-OH is 1. The van der Waals surface area contributed by atoms with Crippen LogP contribution in [0.4, 0.5) is 0 Å². The maximum absolute atomic E-state index is 9.40. The molecule has 0 aromatic carbocycles. The first-order valence-corrected chi connectivity index (χ1v) is 5.66. The van der Waals surface area contributed by atoms with Crippen molar-refractivity contribution in [3.05, 3.63) is 34.1 Å². The summed E-state index contributed by atoms with van der Waals surface area (Å²) in [5.74, 6) is 0.731. The summed E-state index contributed by atoms with van der Waals surface area (Å²) < 4.78 is 6.53. The zero-order chi connectivity index (χ0) is 7.68. The second-order valence-electron chi connectivity index (χ2n) is 2.51. The lowest BCUT2D eigenvalue weighted by Gasteiger charge is -2.21. The Hall–Kier alpha value is -0.450. The van der Waals surface area contributed by atoms with Crippen molar-refractivity contribution in [1.82, 2.24) is 0 Å². The number of fused-ring (bicyclic) bond motifs is 1. The molecule has 0 fully saturated rings. The van der Waals surface area contributed by atoms with Crippen LogP contribution in [-0.2, 0) is 0 Å². The van der Waals surface area contributed by atoms with Crippen LogP contribution in [0.15, 0.2) is 37.3 Å². The average Bonchev–Trinajstić information content (AvgIpc) is 2.06. The molecular weight excluding hydrogens is 253 g/mol. The molecule has 0 saturated carbocycles. The first kappa shape index (κ1) is 7.21. The maximum atomic E-state index is 9.40. The van der Waals surface area contributed by atoms with E-state index in [1.54, 1.807) is 6.08 Å². The Labute approximate surface area is 75.5 Å². The van der Waals surface area contributed by atoms with E-state index in [1.807, 2.05) is 6.08 Å². The summed E-state index contributed by atoms with van der Waals surface area (Å²) >= 11 is -0.149. The van der Waals surface area contributed by atoms with Crippen LogP contribution in [-0.4, -0.2) is 11.1 Å². The number of hydrogen-bond donors (Lipinski definition) is 1. The molecular formula is C8H8INO. The predicted molar refractivity (Wildman–Crippen MR) is 52.7 cm³/mol. The second-order valence-corrected chi connectivity index (χ2v) is 4.35. The van der Waals surface area contributed by atoms with Crippen LogP contribution in [0, 0.1) is 5.92 Å². The van der Waals surface area contributed by atoms with E-state index >= 15 is 0 Å². The minimum Gasteiger partial charge on any atom is -0.510 e. The number of nitrogens with zero attached hydrogens (tertiary/aromatic N) is 1. The fraction of sp³-hybridized carbons (Fsp3) is 0.250. The smallest absolute Gasteiger partial charge is 0.122 e. The van der Waals surface area contributed by atoms with Crippen molar-refractivity contribution in [3.63, 3.8) is 0 Å². The van der Waals surface area contributed by atoms with Crippen molar-refractivity contribution < 1.29 is 5.11 Å². The fourth-order valence-corrected chi connectivity index (χ4v) is 3.03. The molecule has 2 nitrogen and oxygen atoms in total. The van der Waals surface area contributed by atoms with Gasteiger partial charge in [-0.05, 0) is 10.2 Å². The number of hydrogen-bond acceptors (Lipinski definition) is 2. The molecule has 2 atom stereocenters. The van der Waals surface area contributed by atoms with E-state index in [9.17, 15) is 5.11 Å². The van der Waals surface area contributed by atoms with E-state index < -0.39 is 0 Å². The van der Waals surface area contributed by atoms with E-state index in [0.29, 0.717) is 11.7 Å². The lowest BCUT2D eigenvalue weighted by Crippen LogP contribution is -2.19. The molecule has 1 N–H and O–H groups in total. The van der Waals surface area contributed by atoms with Crippen LogP contribution in [0.25, 0.3) is 0 Å². The Kier molecular flexibility index (Phi) is 1.89. The van der Waals surface area contributed by atoms with Gasteiger partial charge in [0, 0.05) is 27.0 Å². The second kappa shape index (κ2) is 2.89. The zero-order valence-corrected chi connectivity index (χ0v) is 7.97. The van der Waals surface area contributed by atoms with Gasteiger partial charge in [-0.1, -0.05) is 18.2 Å². The van der Waals surface area contributed by atoms with Gasteiger partial charge in [-0.2, -0.15) is 0 Å². The normalized spacial score (nSPS) is 34.0. The number of rotatable bonds is 0. The van der Waals surface area contributed by atoms with Gasteiger partial charge in [0.05, 0.1) is 0 Å². The Morgan fingerprint density at radius 2 is 2.36 bits per heavy atom. The highest BCUT2D eigenvalue weighted by Crippen LogP contribution is 2.29. The highest BCUT2D eigenvalue weighted by molar-refractivity contribution is 14.2. The predicted octanol–water partition coefficient (Wildman–Crippen LogP) is 2.66. The third-order valence-electron chi connectivity index (χ3n) is 1.78. The third-order valence-corrected chi connectivity index (χ3v) is 3.44. The summed E-state index contributed by atoms with van der Waals surface area (Å²) in [4.78, 5) is 0. The summed E-state index contributed by atoms with van der Waals surface area (Å²) in [7, 11) is 0. The van der Waals surface area contributed by atoms with E-state index in [2.05, 4.69) is 19.4 Å². The Bertz CT molecular complexity index is 278. The molecule has 0 radical (unpaired) electrons. The van der Waals surface area contributed by atoms with Gasteiger partial charge >= 0.3 is 0 Å². The van der Waals surface area contributed by atoms with Gasteiger partial charge in [-0.15, -0.1) is 0 Å².